The third-order valence-electron chi connectivity index (χ3n) is 9.62. The number of esters is 1. The van der Waals surface area contributed by atoms with Crippen molar-refractivity contribution >= 4 is 17.5 Å². The molecular formula is C46H64N2O4. The van der Waals surface area contributed by atoms with Crippen molar-refractivity contribution in [3.63, 3.8) is 0 Å². The Morgan fingerprint density at radius 2 is 1.21 bits per heavy atom. The van der Waals surface area contributed by atoms with Crippen molar-refractivity contribution in [2.45, 2.75) is 107 Å². The summed E-state index contributed by atoms with van der Waals surface area (Å²) in [7, 11) is 3.97. The first-order valence-electron chi connectivity index (χ1n) is 18.4. The summed E-state index contributed by atoms with van der Waals surface area (Å²) < 4.78 is 5.75. The minimum atomic E-state index is -0.910. The molecule has 0 bridgehead atoms. The molecule has 2 rings (SSSR count). The standard InChI is InChI=1S/C46H64N2O4/c1-32(18-13-14-19-33(2)21-16-23-35(4)26-28-39-37(6)44(51)40(49)30-45(39,7)8)20-15-22-34(3)25-27-38-36(5)43(47)41(31-46(38,9)10)52-42(50)24-17-29-48(11)12/h13-16,18-23,25-28,40-41,47,49H,17,24,29-31H2,1-12H3/b14-13+,20-15+,21-16+,27-25+,28-26+,32-18+,33-19+,34-22+,35-23+,47-43?. The van der Waals surface area contributed by atoms with Gasteiger partial charge in [0.15, 0.2) is 5.78 Å². The van der Waals surface area contributed by atoms with E-state index in [0.717, 1.165) is 52.0 Å². The van der Waals surface area contributed by atoms with Crippen molar-refractivity contribution in [1.82, 2.24) is 4.90 Å². The number of ether oxygens (including phenoxy) is 1. The molecule has 0 fully saturated rings. The Morgan fingerprint density at radius 3 is 1.71 bits per heavy atom. The molecule has 6 heteroatoms. The van der Waals surface area contributed by atoms with E-state index in [2.05, 4.69) is 91.0 Å². The molecule has 2 unspecified atom stereocenters. The van der Waals surface area contributed by atoms with Crippen molar-refractivity contribution < 1.29 is 19.4 Å². The highest BCUT2D eigenvalue weighted by molar-refractivity contribution is 6.03. The topological polar surface area (TPSA) is 90.7 Å². The van der Waals surface area contributed by atoms with E-state index in [4.69, 9.17) is 10.1 Å². The van der Waals surface area contributed by atoms with E-state index >= 15 is 0 Å². The van der Waals surface area contributed by atoms with Crippen LogP contribution < -0.4 is 0 Å². The minimum absolute atomic E-state index is 0.175. The Morgan fingerprint density at radius 1 is 0.769 bits per heavy atom. The number of carbonyl (C=O) groups excluding carboxylic acids is 2. The summed E-state index contributed by atoms with van der Waals surface area (Å²) in [5, 5.41) is 18.8. The maximum Gasteiger partial charge on any atom is 0.306 e. The van der Waals surface area contributed by atoms with Crippen molar-refractivity contribution in [2.24, 2.45) is 10.8 Å². The van der Waals surface area contributed by atoms with Crippen LogP contribution in [0, 0.1) is 16.2 Å². The van der Waals surface area contributed by atoms with Gasteiger partial charge in [-0.2, -0.15) is 0 Å². The van der Waals surface area contributed by atoms with E-state index in [0.29, 0.717) is 30.5 Å². The van der Waals surface area contributed by atoms with Crippen LogP contribution in [-0.4, -0.2) is 60.3 Å². The Kier molecular flexibility index (Phi) is 17.1. The number of aliphatic hydroxyl groups is 1. The summed E-state index contributed by atoms with van der Waals surface area (Å²) in [6.07, 6.45) is 29.5. The van der Waals surface area contributed by atoms with Crippen LogP contribution in [0.5, 0.6) is 0 Å². The van der Waals surface area contributed by atoms with Gasteiger partial charge in [0.2, 0.25) is 0 Å². The lowest BCUT2D eigenvalue weighted by molar-refractivity contribution is -0.147. The summed E-state index contributed by atoms with van der Waals surface area (Å²) in [6, 6.07) is 0. The van der Waals surface area contributed by atoms with Crippen LogP contribution in [0.15, 0.2) is 130 Å². The van der Waals surface area contributed by atoms with Gasteiger partial charge < -0.3 is 20.2 Å². The predicted octanol–water partition coefficient (Wildman–Crippen LogP) is 10.2. The third kappa shape index (κ3) is 14.1. The molecule has 2 atom stereocenters. The fraction of sp³-hybridized carbons (Fsp3) is 0.457. The monoisotopic (exact) mass is 708 g/mol. The number of ketones is 1. The Bertz CT molecular complexity index is 1670. The highest BCUT2D eigenvalue weighted by atomic mass is 16.5. The molecule has 282 valence electrons. The first-order chi connectivity index (χ1) is 24.2. The molecule has 0 aromatic heterocycles. The van der Waals surface area contributed by atoms with Gasteiger partial charge in [-0.05, 0) is 115 Å². The van der Waals surface area contributed by atoms with Gasteiger partial charge in [0, 0.05) is 6.42 Å². The zero-order chi connectivity index (χ0) is 39.2. The molecule has 0 aliphatic heterocycles. The van der Waals surface area contributed by atoms with Gasteiger partial charge in [-0.1, -0.05) is 135 Å². The number of nitrogens with zero attached hydrogens (tertiary/aromatic N) is 1. The predicted molar refractivity (Wildman–Crippen MR) is 219 cm³/mol. The zero-order valence-corrected chi connectivity index (χ0v) is 33.9. The van der Waals surface area contributed by atoms with Crippen molar-refractivity contribution in [3.8, 4) is 0 Å². The van der Waals surface area contributed by atoms with Crippen LogP contribution in [-0.2, 0) is 14.3 Å². The van der Waals surface area contributed by atoms with Gasteiger partial charge in [0.1, 0.15) is 12.2 Å². The lowest BCUT2D eigenvalue weighted by atomic mass is 9.70. The normalized spacial score (nSPS) is 22.6. The Balaban J connectivity index is 1.95. The molecular weight excluding hydrogens is 645 g/mol. The van der Waals surface area contributed by atoms with Gasteiger partial charge >= 0.3 is 5.97 Å². The van der Waals surface area contributed by atoms with E-state index in [1.807, 2.05) is 75.4 Å². The summed E-state index contributed by atoms with van der Waals surface area (Å²) in [6.45, 7) is 21.2. The summed E-state index contributed by atoms with van der Waals surface area (Å²) in [5.74, 6) is -0.407. The average Bonchev–Trinajstić information content (AvgIpc) is 3.03. The van der Waals surface area contributed by atoms with Crippen LogP contribution in [0.25, 0.3) is 0 Å². The molecule has 0 amide bonds. The zero-order valence-electron chi connectivity index (χ0n) is 33.9. The van der Waals surface area contributed by atoms with Crippen LogP contribution in [0.3, 0.4) is 0 Å². The summed E-state index contributed by atoms with van der Waals surface area (Å²) in [5.41, 5.74) is 7.94. The van der Waals surface area contributed by atoms with Gasteiger partial charge in [0.05, 0.1) is 5.71 Å². The van der Waals surface area contributed by atoms with Crippen LogP contribution in [0.1, 0.15) is 94.9 Å². The van der Waals surface area contributed by atoms with Crippen molar-refractivity contribution in [1.29, 1.82) is 5.41 Å². The van der Waals surface area contributed by atoms with Gasteiger partial charge in [-0.3, -0.25) is 9.59 Å². The fourth-order valence-electron chi connectivity index (χ4n) is 6.47. The summed E-state index contributed by atoms with van der Waals surface area (Å²) >= 11 is 0. The lowest BCUT2D eigenvalue weighted by Gasteiger charge is -2.37. The third-order valence-corrected chi connectivity index (χ3v) is 9.62. The number of hydrogen-bond acceptors (Lipinski definition) is 6. The quantitative estimate of drug-likeness (QED) is 0.131. The smallest absolute Gasteiger partial charge is 0.306 e. The first-order valence-corrected chi connectivity index (χ1v) is 18.4. The largest absolute Gasteiger partial charge is 0.456 e. The molecule has 2 N–H and O–H groups in total. The number of aliphatic hydroxyl groups excluding tert-OH is 1. The molecule has 6 nitrogen and oxygen atoms in total. The highest BCUT2D eigenvalue weighted by Gasteiger charge is 2.38. The molecule has 0 aromatic carbocycles. The van der Waals surface area contributed by atoms with Crippen LogP contribution in [0.2, 0.25) is 0 Å². The van der Waals surface area contributed by atoms with Crippen LogP contribution >= 0.6 is 0 Å². The number of carbonyl (C=O) groups is 2. The number of Topliss-reactive ketones (excluding diaryl/α,β-unsaturated/α-hetero) is 1. The van der Waals surface area contributed by atoms with Crippen molar-refractivity contribution in [2.75, 3.05) is 20.6 Å². The molecule has 0 saturated heterocycles. The second kappa shape index (κ2) is 20.2. The molecule has 0 heterocycles. The molecule has 0 saturated carbocycles. The Labute approximate surface area is 314 Å². The first kappa shape index (κ1) is 44.0. The van der Waals surface area contributed by atoms with E-state index < -0.39 is 12.2 Å². The van der Waals surface area contributed by atoms with Gasteiger partial charge in [-0.25, -0.2) is 0 Å². The van der Waals surface area contributed by atoms with E-state index in [-0.39, 0.29) is 22.6 Å². The fourth-order valence-corrected chi connectivity index (χ4v) is 6.47. The summed E-state index contributed by atoms with van der Waals surface area (Å²) in [4.78, 5) is 26.8. The van der Waals surface area contributed by atoms with Gasteiger partial charge in [0.25, 0.3) is 0 Å². The Hall–Kier alpha value is -4.13. The number of nitrogens with one attached hydrogen (secondary N) is 1. The van der Waals surface area contributed by atoms with E-state index in [1.54, 1.807) is 6.92 Å². The van der Waals surface area contributed by atoms with Crippen LogP contribution in [0.4, 0.5) is 0 Å². The number of rotatable bonds is 15. The average molecular weight is 709 g/mol. The maximum absolute atomic E-state index is 12.4. The SMILES string of the molecule is CC1=C(/C=C/C(C)=C/C=C/C(C)=C/C=C/C=C(C)/C=C/C=C(C)/C=C/C2=C(C)C(=O)C(O)CC2(C)C)C(C)(C)CC(OC(=O)CCCN(C)C)C1=N. The molecule has 0 radical (unpaired) electrons. The molecule has 52 heavy (non-hydrogen) atoms. The molecule has 0 aromatic rings. The molecule has 0 spiro atoms. The minimum Gasteiger partial charge on any atom is -0.456 e. The number of allylic oxidation sites excluding steroid dienone is 20. The van der Waals surface area contributed by atoms with Gasteiger partial charge in [-0.15, -0.1) is 0 Å². The van der Waals surface area contributed by atoms with E-state index in [9.17, 15) is 14.7 Å². The highest BCUT2D eigenvalue weighted by Crippen LogP contribution is 2.41. The second-order valence-corrected chi connectivity index (χ2v) is 15.8. The maximum atomic E-state index is 12.4. The van der Waals surface area contributed by atoms with Crippen molar-refractivity contribution in [3.05, 3.63) is 130 Å². The molecule has 2 aliphatic carbocycles. The lowest BCUT2D eigenvalue weighted by Crippen LogP contribution is -2.38. The second-order valence-electron chi connectivity index (χ2n) is 15.8. The number of hydrogen-bond donors (Lipinski definition) is 2. The van der Waals surface area contributed by atoms with E-state index in [1.165, 1.54) is 0 Å². The molecule has 2 aliphatic rings.